The third-order valence-electron chi connectivity index (χ3n) is 6.16. The molecule has 0 aromatic heterocycles. The lowest BCUT2D eigenvalue weighted by molar-refractivity contribution is -0.109. The molecule has 248 valence electrons. The van der Waals surface area contributed by atoms with Crippen LogP contribution in [0, 0.1) is 0 Å². The zero-order valence-corrected chi connectivity index (χ0v) is 25.9. The molecule has 41 heavy (non-hydrogen) atoms. The molecular weight excluding hydrogens is 530 g/mol. The molecule has 10 N–H and O–H groups in total. The molecule has 0 spiro atoms. The van der Waals surface area contributed by atoms with E-state index >= 15 is 0 Å². The molecule has 0 aliphatic heterocycles. The Morgan fingerprint density at radius 2 is 0.537 bits per heavy atom. The van der Waals surface area contributed by atoms with E-state index in [0.717, 1.165) is 64.2 Å². The third kappa shape index (κ3) is 29.4. The number of rotatable bonds is 35. The second kappa shape index (κ2) is 34.0. The van der Waals surface area contributed by atoms with Crippen molar-refractivity contribution in [2.24, 2.45) is 28.7 Å². The highest BCUT2D eigenvalue weighted by molar-refractivity contribution is 4.63. The fourth-order valence-electron chi connectivity index (χ4n) is 3.71. The SMILES string of the molecule is NCCCCOCC(COCC(COCC(COCCCCN)OCCCCN)OCCCCN)OCCCCN. The molecule has 0 saturated carbocycles. The molecule has 12 nitrogen and oxygen atoms in total. The maximum Gasteiger partial charge on any atom is 0.104 e. The van der Waals surface area contributed by atoms with Crippen LogP contribution in [0.5, 0.6) is 0 Å². The maximum absolute atomic E-state index is 6.08. The molecular formula is C29H65N5O7. The summed E-state index contributed by atoms with van der Waals surface area (Å²) >= 11 is 0. The molecule has 12 heteroatoms. The van der Waals surface area contributed by atoms with E-state index in [1.165, 1.54) is 0 Å². The highest BCUT2D eigenvalue weighted by Crippen LogP contribution is 2.05. The Morgan fingerprint density at radius 1 is 0.293 bits per heavy atom. The van der Waals surface area contributed by atoms with E-state index in [1.807, 2.05) is 0 Å². The number of nitrogens with two attached hydrogens (primary N) is 5. The van der Waals surface area contributed by atoms with Crippen molar-refractivity contribution in [3.63, 3.8) is 0 Å². The van der Waals surface area contributed by atoms with Crippen molar-refractivity contribution in [3.8, 4) is 0 Å². The van der Waals surface area contributed by atoms with Crippen LogP contribution in [-0.4, -0.2) is 124 Å². The number of ether oxygens (including phenoxy) is 7. The molecule has 0 bridgehead atoms. The van der Waals surface area contributed by atoms with E-state index in [2.05, 4.69) is 0 Å². The zero-order valence-electron chi connectivity index (χ0n) is 25.9. The van der Waals surface area contributed by atoms with E-state index in [4.69, 9.17) is 61.8 Å². The van der Waals surface area contributed by atoms with Crippen molar-refractivity contribution in [1.82, 2.24) is 0 Å². The van der Waals surface area contributed by atoms with Crippen molar-refractivity contribution >= 4 is 0 Å². The molecule has 0 heterocycles. The van der Waals surface area contributed by atoms with Crippen LogP contribution in [0.25, 0.3) is 0 Å². The first-order valence-corrected chi connectivity index (χ1v) is 15.9. The van der Waals surface area contributed by atoms with Gasteiger partial charge >= 0.3 is 0 Å². The van der Waals surface area contributed by atoms with Gasteiger partial charge in [0.25, 0.3) is 0 Å². The molecule has 0 saturated heterocycles. The molecule has 2 unspecified atom stereocenters. The molecule has 0 aromatic carbocycles. The minimum atomic E-state index is -0.223. The van der Waals surface area contributed by atoms with Gasteiger partial charge in [0.05, 0.1) is 39.6 Å². The standard InChI is InChI=1S/C29H65N5O7/c30-11-1-6-16-35-21-27(39-18-8-3-13-32)23-37-25-29(41-20-10-5-15-34)26-38-24-28(40-19-9-4-14-33)22-36-17-7-2-12-31/h27-29H,1-26,30-34H2. The summed E-state index contributed by atoms with van der Waals surface area (Å²) in [5.74, 6) is 0. The summed E-state index contributed by atoms with van der Waals surface area (Å²) in [5, 5.41) is 0. The van der Waals surface area contributed by atoms with Crippen molar-refractivity contribution in [1.29, 1.82) is 0 Å². The van der Waals surface area contributed by atoms with Gasteiger partial charge in [0.15, 0.2) is 0 Å². The average molecular weight is 596 g/mol. The lowest BCUT2D eigenvalue weighted by Gasteiger charge is -2.23. The smallest absolute Gasteiger partial charge is 0.104 e. The summed E-state index contributed by atoms with van der Waals surface area (Å²) in [6.45, 7) is 8.99. The van der Waals surface area contributed by atoms with Gasteiger partial charge in [-0.3, -0.25) is 0 Å². The lowest BCUT2D eigenvalue weighted by atomic mass is 10.3. The molecule has 2 atom stereocenters. The summed E-state index contributed by atoms with van der Waals surface area (Å²) in [7, 11) is 0. The van der Waals surface area contributed by atoms with Crippen LogP contribution in [0.3, 0.4) is 0 Å². The van der Waals surface area contributed by atoms with Crippen LogP contribution >= 0.6 is 0 Å². The summed E-state index contributed by atoms with van der Waals surface area (Å²) in [5.41, 5.74) is 28.0. The van der Waals surface area contributed by atoms with E-state index in [9.17, 15) is 0 Å². The minimum Gasteiger partial charge on any atom is -0.379 e. The summed E-state index contributed by atoms with van der Waals surface area (Å²) < 4.78 is 41.8. The van der Waals surface area contributed by atoms with Crippen LogP contribution in [-0.2, 0) is 33.2 Å². The van der Waals surface area contributed by atoms with Crippen LogP contribution in [0.4, 0.5) is 0 Å². The van der Waals surface area contributed by atoms with Gasteiger partial charge in [-0.1, -0.05) is 0 Å². The Labute approximate surface area is 249 Å². The van der Waals surface area contributed by atoms with Gasteiger partial charge in [-0.15, -0.1) is 0 Å². The molecule has 0 aliphatic carbocycles. The van der Waals surface area contributed by atoms with Gasteiger partial charge < -0.3 is 61.8 Å². The van der Waals surface area contributed by atoms with Crippen molar-refractivity contribution < 1.29 is 33.2 Å². The van der Waals surface area contributed by atoms with Crippen LogP contribution in [0.1, 0.15) is 64.2 Å². The summed E-state index contributed by atoms with van der Waals surface area (Å²) in [6.07, 6.45) is 8.69. The van der Waals surface area contributed by atoms with E-state index in [0.29, 0.717) is 105 Å². The summed E-state index contributed by atoms with van der Waals surface area (Å²) in [6, 6.07) is 0. The first-order valence-electron chi connectivity index (χ1n) is 15.9. The molecule has 0 amide bonds. The quantitative estimate of drug-likeness (QED) is 0.0651. The van der Waals surface area contributed by atoms with Crippen molar-refractivity contribution in [2.75, 3.05) is 105 Å². The molecule has 0 aliphatic rings. The first-order chi connectivity index (χ1) is 20.2. The van der Waals surface area contributed by atoms with E-state index < -0.39 is 0 Å². The monoisotopic (exact) mass is 595 g/mol. The largest absolute Gasteiger partial charge is 0.379 e. The van der Waals surface area contributed by atoms with Gasteiger partial charge in [0.2, 0.25) is 0 Å². The maximum atomic E-state index is 6.08. The molecule has 0 fully saturated rings. The number of hydrogen-bond donors (Lipinski definition) is 5. The normalized spacial score (nSPS) is 14.0. The Bertz CT molecular complexity index is 464. The minimum absolute atomic E-state index is 0.160. The fraction of sp³-hybridized carbons (Fsp3) is 1.00. The Balaban J connectivity index is 4.74. The molecule has 0 rings (SSSR count). The zero-order chi connectivity index (χ0) is 30.1. The topological polar surface area (TPSA) is 195 Å². The first kappa shape index (κ1) is 40.5. The van der Waals surface area contributed by atoms with Crippen LogP contribution in [0.15, 0.2) is 0 Å². The summed E-state index contributed by atoms with van der Waals surface area (Å²) in [4.78, 5) is 0. The van der Waals surface area contributed by atoms with Gasteiger partial charge in [-0.2, -0.15) is 0 Å². The molecule has 0 radical (unpaired) electrons. The predicted molar refractivity (Wildman–Crippen MR) is 164 cm³/mol. The lowest BCUT2D eigenvalue weighted by Crippen LogP contribution is -2.33. The van der Waals surface area contributed by atoms with E-state index in [1.54, 1.807) is 0 Å². The van der Waals surface area contributed by atoms with E-state index in [-0.39, 0.29) is 18.3 Å². The Hall–Kier alpha value is -0.480. The van der Waals surface area contributed by atoms with Crippen molar-refractivity contribution in [3.05, 3.63) is 0 Å². The highest BCUT2D eigenvalue weighted by atomic mass is 16.6. The van der Waals surface area contributed by atoms with Gasteiger partial charge in [0.1, 0.15) is 18.3 Å². The average Bonchev–Trinajstić information content (AvgIpc) is 2.98. The fourth-order valence-corrected chi connectivity index (χ4v) is 3.71. The van der Waals surface area contributed by atoms with Crippen LogP contribution < -0.4 is 28.7 Å². The predicted octanol–water partition coefficient (Wildman–Crippen LogP) is 0.903. The van der Waals surface area contributed by atoms with Gasteiger partial charge in [-0.25, -0.2) is 0 Å². The second-order valence-electron chi connectivity index (χ2n) is 10.2. The Kier molecular flexibility index (Phi) is 33.6. The number of unbranched alkanes of at least 4 members (excludes halogenated alkanes) is 5. The van der Waals surface area contributed by atoms with Crippen molar-refractivity contribution in [2.45, 2.75) is 82.5 Å². The second-order valence-corrected chi connectivity index (χ2v) is 10.2. The Morgan fingerprint density at radius 3 is 0.805 bits per heavy atom. The molecule has 0 aromatic rings. The van der Waals surface area contributed by atoms with Crippen LogP contribution in [0.2, 0.25) is 0 Å². The van der Waals surface area contributed by atoms with Gasteiger partial charge in [0, 0.05) is 33.0 Å². The number of hydrogen-bond acceptors (Lipinski definition) is 12. The highest BCUT2D eigenvalue weighted by Gasteiger charge is 2.16. The van der Waals surface area contributed by atoms with Gasteiger partial charge in [-0.05, 0) is 96.9 Å². The third-order valence-corrected chi connectivity index (χ3v) is 6.16.